The molecule has 3 heteroatoms. The Kier molecular flexibility index (Phi) is 4.00. The summed E-state index contributed by atoms with van der Waals surface area (Å²) in [6, 6.07) is 4.96. The van der Waals surface area contributed by atoms with Crippen LogP contribution in [0.15, 0.2) is 12.1 Å². The van der Waals surface area contributed by atoms with E-state index >= 15 is 0 Å². The first-order chi connectivity index (χ1) is 8.16. The van der Waals surface area contributed by atoms with Gasteiger partial charge in [-0.2, -0.15) is 0 Å². The molecule has 17 heavy (non-hydrogen) atoms. The fraction of sp³-hybridized carbons (Fsp3) is 0.643. The summed E-state index contributed by atoms with van der Waals surface area (Å²) < 4.78 is 0. The van der Waals surface area contributed by atoms with E-state index in [0.29, 0.717) is 6.04 Å². The van der Waals surface area contributed by atoms with Gasteiger partial charge in [0.2, 0.25) is 0 Å². The van der Waals surface area contributed by atoms with Gasteiger partial charge >= 0.3 is 0 Å². The molecule has 0 amide bonds. The number of hydrogen-bond acceptors (Lipinski definition) is 3. The zero-order valence-electron chi connectivity index (χ0n) is 11.2. The molecule has 1 aromatic rings. The molecule has 1 saturated heterocycles. The number of pyridine rings is 1. The van der Waals surface area contributed by atoms with Gasteiger partial charge in [0, 0.05) is 24.8 Å². The summed E-state index contributed by atoms with van der Waals surface area (Å²) in [6.45, 7) is 9.81. The number of aromatic nitrogens is 1. The van der Waals surface area contributed by atoms with Crippen molar-refractivity contribution in [2.24, 2.45) is 0 Å². The van der Waals surface area contributed by atoms with Gasteiger partial charge in [0.05, 0.1) is 11.4 Å². The first kappa shape index (κ1) is 12.4. The van der Waals surface area contributed by atoms with E-state index in [9.17, 15) is 0 Å². The van der Waals surface area contributed by atoms with Gasteiger partial charge in [0.1, 0.15) is 0 Å². The maximum absolute atomic E-state index is 4.56. The Labute approximate surface area is 104 Å². The van der Waals surface area contributed by atoms with Crippen molar-refractivity contribution in [1.82, 2.24) is 10.3 Å². The molecular formula is C14H23N3. The van der Waals surface area contributed by atoms with Gasteiger partial charge in [-0.05, 0) is 52.3 Å². The smallest absolute Gasteiger partial charge is 0.0608 e. The Morgan fingerprint density at radius 1 is 1.29 bits per heavy atom. The van der Waals surface area contributed by atoms with Crippen LogP contribution in [0.2, 0.25) is 0 Å². The number of rotatable bonds is 1. The van der Waals surface area contributed by atoms with Crippen molar-refractivity contribution >= 4 is 5.69 Å². The highest BCUT2D eigenvalue weighted by molar-refractivity contribution is 5.50. The van der Waals surface area contributed by atoms with Crippen LogP contribution in [0, 0.1) is 13.8 Å². The normalized spacial score (nSPS) is 22.1. The average molecular weight is 233 g/mol. The van der Waals surface area contributed by atoms with Crippen molar-refractivity contribution < 1.29 is 0 Å². The van der Waals surface area contributed by atoms with Gasteiger partial charge in [0.25, 0.3) is 0 Å². The molecule has 1 aromatic heterocycles. The van der Waals surface area contributed by atoms with Crippen molar-refractivity contribution in [3.63, 3.8) is 0 Å². The molecule has 0 aromatic carbocycles. The quantitative estimate of drug-likeness (QED) is 0.806. The Hall–Kier alpha value is -1.09. The maximum Gasteiger partial charge on any atom is 0.0608 e. The van der Waals surface area contributed by atoms with Crippen molar-refractivity contribution in [3.8, 4) is 0 Å². The van der Waals surface area contributed by atoms with Crippen molar-refractivity contribution in [2.75, 3.05) is 24.5 Å². The monoisotopic (exact) mass is 233 g/mol. The molecule has 1 atom stereocenters. The van der Waals surface area contributed by atoms with Gasteiger partial charge in [0.15, 0.2) is 0 Å². The predicted octanol–water partition coefficient (Wildman–Crippen LogP) is 2.28. The van der Waals surface area contributed by atoms with Crippen LogP contribution in [0.3, 0.4) is 0 Å². The summed E-state index contributed by atoms with van der Waals surface area (Å²) in [5, 5.41) is 3.54. The number of nitrogens with one attached hydrogen (secondary N) is 1. The van der Waals surface area contributed by atoms with E-state index in [1.165, 1.54) is 18.5 Å². The van der Waals surface area contributed by atoms with Crippen LogP contribution < -0.4 is 10.2 Å². The summed E-state index contributed by atoms with van der Waals surface area (Å²) in [5.41, 5.74) is 3.57. The van der Waals surface area contributed by atoms with E-state index < -0.39 is 0 Å². The van der Waals surface area contributed by atoms with E-state index in [1.807, 2.05) is 0 Å². The van der Waals surface area contributed by atoms with E-state index in [2.05, 4.69) is 48.1 Å². The second-order valence-electron chi connectivity index (χ2n) is 5.04. The van der Waals surface area contributed by atoms with Crippen LogP contribution in [-0.4, -0.2) is 30.7 Å². The molecule has 3 nitrogen and oxygen atoms in total. The van der Waals surface area contributed by atoms with Gasteiger partial charge in [-0.3, -0.25) is 4.98 Å². The Balaban J connectivity index is 2.13. The predicted molar refractivity (Wildman–Crippen MR) is 72.6 cm³/mol. The lowest BCUT2D eigenvalue weighted by Crippen LogP contribution is -2.38. The largest absolute Gasteiger partial charge is 0.370 e. The van der Waals surface area contributed by atoms with Crippen LogP contribution in [0.5, 0.6) is 0 Å². The fourth-order valence-electron chi connectivity index (χ4n) is 2.44. The molecule has 0 bridgehead atoms. The molecule has 1 fully saturated rings. The topological polar surface area (TPSA) is 28.2 Å². The molecule has 1 N–H and O–H groups in total. The molecule has 0 saturated carbocycles. The lowest BCUT2D eigenvalue weighted by Gasteiger charge is -2.30. The maximum atomic E-state index is 4.56. The molecule has 2 rings (SSSR count). The van der Waals surface area contributed by atoms with E-state index in [4.69, 9.17) is 0 Å². The number of nitrogens with zero attached hydrogens (tertiary/aromatic N) is 2. The third-order valence-electron chi connectivity index (χ3n) is 3.47. The van der Waals surface area contributed by atoms with Crippen molar-refractivity contribution in [2.45, 2.75) is 39.7 Å². The summed E-state index contributed by atoms with van der Waals surface area (Å²) in [5.74, 6) is 0. The zero-order valence-corrected chi connectivity index (χ0v) is 11.2. The number of aryl methyl sites for hydroxylation is 2. The second-order valence-corrected chi connectivity index (χ2v) is 5.04. The van der Waals surface area contributed by atoms with Crippen molar-refractivity contribution in [3.05, 3.63) is 23.5 Å². The van der Waals surface area contributed by atoms with Crippen LogP contribution in [0.25, 0.3) is 0 Å². The lowest BCUT2D eigenvalue weighted by molar-refractivity contribution is 0.474. The van der Waals surface area contributed by atoms with E-state index in [-0.39, 0.29) is 0 Å². The first-order valence-electron chi connectivity index (χ1n) is 6.59. The third kappa shape index (κ3) is 3.19. The van der Waals surface area contributed by atoms with Crippen LogP contribution in [-0.2, 0) is 0 Å². The summed E-state index contributed by atoms with van der Waals surface area (Å²) in [6.07, 6.45) is 2.41. The summed E-state index contributed by atoms with van der Waals surface area (Å²) >= 11 is 0. The molecule has 0 spiro atoms. The molecule has 1 aliphatic rings. The molecule has 94 valence electrons. The summed E-state index contributed by atoms with van der Waals surface area (Å²) in [4.78, 5) is 7.05. The highest BCUT2D eigenvalue weighted by Gasteiger charge is 2.14. The standard InChI is InChI=1S/C14H23N3/c1-11-7-10-17(9-4-8-15-11)14-6-5-12(2)16-13(14)3/h5-6,11,15H,4,7-10H2,1-3H3. The fourth-order valence-corrected chi connectivity index (χ4v) is 2.44. The highest BCUT2D eigenvalue weighted by atomic mass is 15.1. The Morgan fingerprint density at radius 2 is 2.12 bits per heavy atom. The molecular weight excluding hydrogens is 210 g/mol. The van der Waals surface area contributed by atoms with Crippen LogP contribution in [0.4, 0.5) is 5.69 Å². The molecule has 1 unspecified atom stereocenters. The molecule has 2 heterocycles. The van der Waals surface area contributed by atoms with E-state index in [1.54, 1.807) is 0 Å². The average Bonchev–Trinajstić information content (AvgIpc) is 2.26. The minimum Gasteiger partial charge on any atom is -0.370 e. The number of hydrogen-bond donors (Lipinski definition) is 1. The van der Waals surface area contributed by atoms with Crippen molar-refractivity contribution in [1.29, 1.82) is 0 Å². The first-order valence-corrected chi connectivity index (χ1v) is 6.59. The zero-order chi connectivity index (χ0) is 12.3. The molecule has 1 aliphatic heterocycles. The van der Waals surface area contributed by atoms with Gasteiger partial charge < -0.3 is 10.2 Å². The van der Waals surface area contributed by atoms with E-state index in [0.717, 1.165) is 31.0 Å². The van der Waals surface area contributed by atoms with Gasteiger partial charge in [-0.15, -0.1) is 0 Å². The minimum absolute atomic E-state index is 0.622. The molecule has 0 radical (unpaired) electrons. The lowest BCUT2D eigenvalue weighted by atomic mass is 10.1. The Morgan fingerprint density at radius 3 is 2.88 bits per heavy atom. The number of anilines is 1. The SMILES string of the molecule is Cc1ccc(N2CCCNC(C)CC2)c(C)n1. The highest BCUT2D eigenvalue weighted by Crippen LogP contribution is 2.20. The second kappa shape index (κ2) is 5.50. The van der Waals surface area contributed by atoms with Crippen LogP contribution in [0.1, 0.15) is 31.2 Å². The third-order valence-corrected chi connectivity index (χ3v) is 3.47. The molecule has 0 aliphatic carbocycles. The van der Waals surface area contributed by atoms with Gasteiger partial charge in [-0.25, -0.2) is 0 Å². The Bertz CT molecular complexity index is 376. The van der Waals surface area contributed by atoms with Gasteiger partial charge in [-0.1, -0.05) is 0 Å². The minimum atomic E-state index is 0.622. The summed E-state index contributed by atoms with van der Waals surface area (Å²) in [7, 11) is 0. The van der Waals surface area contributed by atoms with Crippen LogP contribution >= 0.6 is 0 Å².